The normalized spacial score (nSPS) is 9.73. The maximum Gasteiger partial charge on any atom is 0.411 e. The van der Waals surface area contributed by atoms with Gasteiger partial charge in [0.25, 0.3) is 5.97 Å². The van der Waals surface area contributed by atoms with Crippen molar-refractivity contribution in [2.75, 3.05) is 0 Å². The maximum atomic E-state index is 11.4. The second-order valence-electron chi connectivity index (χ2n) is 4.86. The summed E-state index contributed by atoms with van der Waals surface area (Å²) in [5.41, 5.74) is 7.94. The zero-order valence-electron chi connectivity index (χ0n) is 12.6. The van der Waals surface area contributed by atoms with E-state index in [-0.39, 0.29) is 5.97 Å². The van der Waals surface area contributed by atoms with E-state index in [1.54, 1.807) is 0 Å². The molecule has 0 atom stereocenters. The highest BCUT2D eigenvalue weighted by Crippen LogP contribution is 2.05. The van der Waals surface area contributed by atoms with Crippen LogP contribution in [0.5, 0.6) is 0 Å². The van der Waals surface area contributed by atoms with Gasteiger partial charge in [-0.2, -0.15) is 0 Å². The zero-order valence-corrected chi connectivity index (χ0v) is 13.6. The van der Waals surface area contributed by atoms with Crippen LogP contribution in [0, 0.1) is 22.9 Å². The first-order valence-electron chi connectivity index (χ1n) is 6.93. The molecule has 3 heteroatoms. The van der Waals surface area contributed by atoms with Crippen molar-refractivity contribution in [2.45, 2.75) is 13.5 Å². The van der Waals surface area contributed by atoms with E-state index in [9.17, 15) is 4.79 Å². The highest BCUT2D eigenvalue weighted by molar-refractivity contribution is 6.89. The third-order valence-electron chi connectivity index (χ3n) is 2.79. The van der Waals surface area contributed by atoms with Gasteiger partial charge < -0.3 is 4.43 Å². The summed E-state index contributed by atoms with van der Waals surface area (Å²) < 4.78 is 5.43. The molecule has 2 nitrogen and oxygen atoms in total. The van der Waals surface area contributed by atoms with Gasteiger partial charge in [0.1, 0.15) is 0 Å². The van der Waals surface area contributed by atoms with Crippen LogP contribution in [0.4, 0.5) is 0 Å². The van der Waals surface area contributed by atoms with Crippen molar-refractivity contribution in [1.29, 1.82) is 0 Å². The van der Waals surface area contributed by atoms with Gasteiger partial charge in [0.05, 0.1) is 0 Å². The molecule has 0 saturated heterocycles. The number of hydrogen-bond donors (Lipinski definition) is 0. The van der Waals surface area contributed by atoms with Crippen molar-refractivity contribution in [3.63, 3.8) is 0 Å². The van der Waals surface area contributed by atoms with Gasteiger partial charge >= 0.3 is 8.32 Å². The molecule has 0 aliphatic rings. The van der Waals surface area contributed by atoms with Crippen LogP contribution in [0.15, 0.2) is 60.7 Å². The standard InChI is InChI=1S/C19H16O2Si/c1-17(20)21-22(2,15-13-18-9-5-3-6-10-18)16-14-19-11-7-4-8-12-19/h3-12H,1-2H3. The van der Waals surface area contributed by atoms with E-state index >= 15 is 0 Å². The summed E-state index contributed by atoms with van der Waals surface area (Å²) >= 11 is 0. The molecule has 2 aromatic rings. The lowest BCUT2D eigenvalue weighted by Crippen LogP contribution is -2.34. The Hall–Kier alpha value is -2.75. The zero-order chi connectivity index (χ0) is 15.8. The third-order valence-corrected chi connectivity index (χ3v) is 4.69. The van der Waals surface area contributed by atoms with Crippen LogP contribution in [0.1, 0.15) is 18.1 Å². The summed E-state index contributed by atoms with van der Waals surface area (Å²) in [5, 5.41) is 0. The van der Waals surface area contributed by atoms with Crippen LogP contribution in [0.25, 0.3) is 0 Å². The molecule has 2 aromatic carbocycles. The van der Waals surface area contributed by atoms with Gasteiger partial charge in [0.15, 0.2) is 0 Å². The highest BCUT2D eigenvalue weighted by Gasteiger charge is 2.28. The Morgan fingerprint density at radius 1 is 0.864 bits per heavy atom. The summed E-state index contributed by atoms with van der Waals surface area (Å²) in [6, 6.07) is 19.2. The van der Waals surface area contributed by atoms with E-state index in [0.29, 0.717) is 0 Å². The summed E-state index contributed by atoms with van der Waals surface area (Å²) in [7, 11) is -2.75. The Morgan fingerprint density at radius 2 is 1.27 bits per heavy atom. The van der Waals surface area contributed by atoms with Crippen molar-refractivity contribution in [1.82, 2.24) is 0 Å². The Kier molecular flexibility index (Phi) is 5.19. The average Bonchev–Trinajstić information content (AvgIpc) is 2.53. The summed E-state index contributed by atoms with van der Waals surface area (Å²) in [6.07, 6.45) is 0. The van der Waals surface area contributed by atoms with Crippen molar-refractivity contribution in [3.05, 3.63) is 71.8 Å². The van der Waals surface area contributed by atoms with Crippen LogP contribution >= 0.6 is 0 Å². The molecular weight excluding hydrogens is 288 g/mol. The number of carbonyl (C=O) groups is 1. The monoisotopic (exact) mass is 304 g/mol. The summed E-state index contributed by atoms with van der Waals surface area (Å²) in [5.74, 6) is 5.77. The molecule has 0 N–H and O–H groups in total. The van der Waals surface area contributed by atoms with Crippen LogP contribution in [0.2, 0.25) is 6.55 Å². The van der Waals surface area contributed by atoms with Gasteiger partial charge in [-0.3, -0.25) is 4.79 Å². The molecule has 0 aromatic heterocycles. The minimum Gasteiger partial charge on any atom is -0.496 e. The van der Waals surface area contributed by atoms with Crippen molar-refractivity contribution in [2.24, 2.45) is 0 Å². The number of carbonyl (C=O) groups excluding carboxylic acids is 1. The van der Waals surface area contributed by atoms with Crippen molar-refractivity contribution in [3.8, 4) is 22.9 Å². The Labute approximate surface area is 132 Å². The lowest BCUT2D eigenvalue weighted by atomic mass is 10.2. The van der Waals surface area contributed by atoms with Crippen molar-refractivity contribution >= 4 is 14.3 Å². The average molecular weight is 304 g/mol. The minimum atomic E-state index is -2.75. The summed E-state index contributed by atoms with van der Waals surface area (Å²) in [6.45, 7) is 3.22. The van der Waals surface area contributed by atoms with E-state index in [2.05, 4.69) is 22.9 Å². The SMILES string of the molecule is CC(=O)O[Si](C)(C#Cc1ccccc1)C#Cc1ccccc1. The Bertz CT molecular complexity index is 702. The maximum absolute atomic E-state index is 11.4. The van der Waals surface area contributed by atoms with E-state index in [0.717, 1.165) is 11.1 Å². The van der Waals surface area contributed by atoms with Gasteiger partial charge in [0, 0.05) is 18.1 Å². The van der Waals surface area contributed by atoms with Crippen molar-refractivity contribution < 1.29 is 9.22 Å². The molecule has 0 saturated carbocycles. The predicted octanol–water partition coefficient (Wildman–Crippen LogP) is 3.31. The molecule has 0 amide bonds. The van der Waals surface area contributed by atoms with Gasteiger partial charge in [-0.25, -0.2) is 0 Å². The first-order valence-corrected chi connectivity index (χ1v) is 9.34. The Morgan fingerprint density at radius 3 is 1.64 bits per heavy atom. The second-order valence-corrected chi connectivity index (χ2v) is 7.63. The van der Waals surface area contributed by atoms with Gasteiger partial charge in [0.2, 0.25) is 0 Å². The smallest absolute Gasteiger partial charge is 0.411 e. The predicted molar refractivity (Wildman–Crippen MR) is 90.0 cm³/mol. The number of benzene rings is 2. The first-order chi connectivity index (χ1) is 10.6. The molecule has 108 valence electrons. The van der Waals surface area contributed by atoms with Crippen LogP contribution in [-0.2, 0) is 9.22 Å². The van der Waals surface area contributed by atoms with Gasteiger partial charge in [-0.1, -0.05) is 59.3 Å². The number of hydrogen-bond acceptors (Lipinski definition) is 2. The minimum absolute atomic E-state index is 0.348. The Balaban J connectivity index is 2.31. The fourth-order valence-corrected chi connectivity index (χ4v) is 3.30. The van der Waals surface area contributed by atoms with E-state index < -0.39 is 8.32 Å². The van der Waals surface area contributed by atoms with Crippen LogP contribution < -0.4 is 0 Å². The van der Waals surface area contributed by atoms with Gasteiger partial charge in [-0.15, -0.1) is 0 Å². The quantitative estimate of drug-likeness (QED) is 0.597. The molecular formula is C19H16O2Si. The van der Waals surface area contributed by atoms with Gasteiger partial charge in [-0.05, 0) is 30.8 Å². The molecule has 22 heavy (non-hydrogen) atoms. The van der Waals surface area contributed by atoms with E-state index in [4.69, 9.17) is 4.43 Å². The number of rotatable bonds is 1. The molecule has 0 aliphatic carbocycles. The molecule has 0 unspecified atom stereocenters. The molecule has 0 radical (unpaired) electrons. The largest absolute Gasteiger partial charge is 0.496 e. The molecule has 0 heterocycles. The topological polar surface area (TPSA) is 26.3 Å². The third kappa shape index (κ3) is 4.98. The molecule has 0 bridgehead atoms. The fourth-order valence-electron chi connectivity index (χ4n) is 1.80. The first kappa shape index (κ1) is 15.6. The lowest BCUT2D eigenvalue weighted by molar-refractivity contribution is -0.132. The van der Waals surface area contributed by atoms with Crippen LogP contribution in [-0.4, -0.2) is 14.3 Å². The second kappa shape index (κ2) is 7.31. The molecule has 0 fully saturated rings. The summed E-state index contributed by atoms with van der Waals surface area (Å²) in [4.78, 5) is 11.4. The highest BCUT2D eigenvalue weighted by atomic mass is 28.4. The lowest BCUT2D eigenvalue weighted by Gasteiger charge is -2.13. The van der Waals surface area contributed by atoms with Crippen LogP contribution in [0.3, 0.4) is 0 Å². The molecule has 0 spiro atoms. The fraction of sp³-hybridized carbons (Fsp3) is 0.105. The molecule has 0 aliphatic heterocycles. The van der Waals surface area contributed by atoms with E-state index in [1.807, 2.05) is 67.2 Å². The molecule has 2 rings (SSSR count). The van der Waals surface area contributed by atoms with E-state index in [1.165, 1.54) is 6.92 Å².